The average Bonchev–Trinajstić information content (AvgIpc) is 2.74. The van der Waals surface area contributed by atoms with Crippen molar-refractivity contribution in [3.63, 3.8) is 0 Å². The van der Waals surface area contributed by atoms with Crippen molar-refractivity contribution in [2.24, 2.45) is 13.0 Å². The van der Waals surface area contributed by atoms with Gasteiger partial charge in [-0.05, 0) is 38.3 Å². The van der Waals surface area contributed by atoms with Gasteiger partial charge in [-0.1, -0.05) is 6.92 Å². The Morgan fingerprint density at radius 3 is 3.10 bits per heavy atom. The van der Waals surface area contributed by atoms with Gasteiger partial charge in [-0.15, -0.1) is 0 Å². The number of pyridine rings is 1. The molecule has 2 unspecified atom stereocenters. The molecular formula is C15H21N5O. The largest absolute Gasteiger partial charge is 0.323 e. The number of anilines is 1. The smallest absolute Gasteiger partial charge is 0.241 e. The SMILES string of the molecule is Cc1nn(C)c2ncc(NC(=O)C3CC(C)CCN3)cc12. The second-order valence-electron chi connectivity index (χ2n) is 5.93. The fourth-order valence-electron chi connectivity index (χ4n) is 2.91. The lowest BCUT2D eigenvalue weighted by Gasteiger charge is -2.27. The van der Waals surface area contributed by atoms with Gasteiger partial charge in [0.1, 0.15) is 0 Å². The van der Waals surface area contributed by atoms with Gasteiger partial charge >= 0.3 is 0 Å². The van der Waals surface area contributed by atoms with Crippen molar-refractivity contribution in [1.82, 2.24) is 20.1 Å². The standard InChI is InChI=1S/C15H21N5O/c1-9-4-5-16-13(6-9)15(21)18-11-7-12-10(2)19-20(3)14(12)17-8-11/h7-9,13,16H,4-6H2,1-3H3,(H,18,21). The molecule has 0 aromatic carbocycles. The molecule has 2 aromatic rings. The van der Waals surface area contributed by atoms with Crippen molar-refractivity contribution in [1.29, 1.82) is 0 Å². The fraction of sp³-hybridized carbons (Fsp3) is 0.533. The minimum Gasteiger partial charge on any atom is -0.323 e. The maximum atomic E-state index is 12.3. The van der Waals surface area contributed by atoms with E-state index in [2.05, 4.69) is 27.6 Å². The molecule has 0 aliphatic carbocycles. The molecule has 1 amide bonds. The normalized spacial score (nSPS) is 22.4. The molecule has 2 atom stereocenters. The van der Waals surface area contributed by atoms with E-state index in [0.29, 0.717) is 5.92 Å². The van der Waals surface area contributed by atoms with E-state index in [4.69, 9.17) is 0 Å². The molecule has 0 bridgehead atoms. The van der Waals surface area contributed by atoms with E-state index in [1.807, 2.05) is 20.0 Å². The Bertz CT molecular complexity index is 678. The number of hydrogen-bond donors (Lipinski definition) is 2. The third-order valence-electron chi connectivity index (χ3n) is 4.11. The second kappa shape index (κ2) is 5.44. The number of hydrogen-bond acceptors (Lipinski definition) is 4. The third kappa shape index (κ3) is 2.76. The van der Waals surface area contributed by atoms with Crippen LogP contribution in [-0.2, 0) is 11.8 Å². The van der Waals surface area contributed by atoms with Crippen LogP contribution in [0.25, 0.3) is 11.0 Å². The number of rotatable bonds is 2. The topological polar surface area (TPSA) is 71.8 Å². The summed E-state index contributed by atoms with van der Waals surface area (Å²) in [5.41, 5.74) is 2.47. The lowest BCUT2D eigenvalue weighted by Crippen LogP contribution is -2.45. The van der Waals surface area contributed by atoms with E-state index < -0.39 is 0 Å². The Labute approximate surface area is 123 Å². The predicted molar refractivity (Wildman–Crippen MR) is 82.1 cm³/mol. The minimum absolute atomic E-state index is 0.0178. The quantitative estimate of drug-likeness (QED) is 0.880. The molecule has 3 heterocycles. The van der Waals surface area contributed by atoms with E-state index in [-0.39, 0.29) is 11.9 Å². The number of piperidine rings is 1. The van der Waals surface area contributed by atoms with Crippen molar-refractivity contribution in [3.8, 4) is 0 Å². The van der Waals surface area contributed by atoms with Crippen LogP contribution < -0.4 is 10.6 Å². The van der Waals surface area contributed by atoms with Crippen LogP contribution in [0.1, 0.15) is 25.5 Å². The predicted octanol–water partition coefficient (Wildman–Crippen LogP) is 1.60. The first-order chi connectivity index (χ1) is 10.0. The van der Waals surface area contributed by atoms with E-state index in [0.717, 1.165) is 41.8 Å². The average molecular weight is 287 g/mol. The molecule has 1 aliphatic heterocycles. The summed E-state index contributed by atoms with van der Waals surface area (Å²) in [5, 5.41) is 11.5. The van der Waals surface area contributed by atoms with Gasteiger partial charge in [-0.25, -0.2) is 4.98 Å². The monoisotopic (exact) mass is 287 g/mol. The van der Waals surface area contributed by atoms with Crippen molar-refractivity contribution in [3.05, 3.63) is 18.0 Å². The minimum atomic E-state index is -0.112. The third-order valence-corrected chi connectivity index (χ3v) is 4.11. The summed E-state index contributed by atoms with van der Waals surface area (Å²) >= 11 is 0. The van der Waals surface area contributed by atoms with Gasteiger partial charge in [-0.3, -0.25) is 9.48 Å². The highest BCUT2D eigenvalue weighted by Crippen LogP contribution is 2.20. The molecule has 0 radical (unpaired) electrons. The van der Waals surface area contributed by atoms with Crippen LogP contribution in [-0.4, -0.2) is 33.3 Å². The first-order valence-corrected chi connectivity index (χ1v) is 7.38. The molecular weight excluding hydrogens is 266 g/mol. The molecule has 3 rings (SSSR count). The summed E-state index contributed by atoms with van der Waals surface area (Å²) in [6.07, 6.45) is 3.70. The number of amides is 1. The number of aromatic nitrogens is 3. The van der Waals surface area contributed by atoms with Crippen molar-refractivity contribution in [2.75, 3.05) is 11.9 Å². The Hall–Kier alpha value is -1.95. The molecule has 2 aromatic heterocycles. The number of nitrogens with one attached hydrogen (secondary N) is 2. The Balaban J connectivity index is 1.78. The van der Waals surface area contributed by atoms with E-state index >= 15 is 0 Å². The van der Waals surface area contributed by atoms with Gasteiger partial charge in [0.25, 0.3) is 0 Å². The number of carbonyl (C=O) groups is 1. The van der Waals surface area contributed by atoms with Crippen LogP contribution in [0.5, 0.6) is 0 Å². The van der Waals surface area contributed by atoms with Gasteiger partial charge in [0.2, 0.25) is 5.91 Å². The highest BCUT2D eigenvalue weighted by molar-refractivity contribution is 5.96. The fourth-order valence-corrected chi connectivity index (χ4v) is 2.91. The van der Waals surface area contributed by atoms with Crippen LogP contribution in [0.4, 0.5) is 5.69 Å². The molecule has 1 saturated heterocycles. The highest BCUT2D eigenvalue weighted by Gasteiger charge is 2.24. The zero-order chi connectivity index (χ0) is 15.0. The maximum Gasteiger partial charge on any atom is 0.241 e. The molecule has 1 fully saturated rings. The van der Waals surface area contributed by atoms with E-state index in [1.54, 1.807) is 10.9 Å². The first kappa shape index (κ1) is 14.0. The zero-order valence-electron chi connectivity index (χ0n) is 12.7. The van der Waals surface area contributed by atoms with Crippen LogP contribution in [0.3, 0.4) is 0 Å². The summed E-state index contributed by atoms with van der Waals surface area (Å²) in [4.78, 5) is 16.7. The number of carbonyl (C=O) groups excluding carboxylic acids is 1. The lowest BCUT2D eigenvalue weighted by molar-refractivity contribution is -0.119. The maximum absolute atomic E-state index is 12.3. The molecule has 112 valence electrons. The lowest BCUT2D eigenvalue weighted by atomic mass is 9.94. The van der Waals surface area contributed by atoms with Gasteiger partial charge in [0.05, 0.1) is 23.6 Å². The summed E-state index contributed by atoms with van der Waals surface area (Å²) in [7, 11) is 1.87. The van der Waals surface area contributed by atoms with Gasteiger partial charge in [0.15, 0.2) is 5.65 Å². The van der Waals surface area contributed by atoms with Gasteiger partial charge < -0.3 is 10.6 Å². The van der Waals surface area contributed by atoms with Crippen LogP contribution >= 0.6 is 0 Å². The van der Waals surface area contributed by atoms with Crippen molar-refractivity contribution >= 4 is 22.6 Å². The summed E-state index contributed by atoms with van der Waals surface area (Å²) in [6.45, 7) is 5.03. The van der Waals surface area contributed by atoms with Gasteiger partial charge in [-0.2, -0.15) is 5.10 Å². The Kier molecular flexibility index (Phi) is 3.63. The van der Waals surface area contributed by atoms with Crippen LogP contribution in [0, 0.1) is 12.8 Å². The molecule has 6 heteroatoms. The molecule has 0 saturated carbocycles. The Morgan fingerprint density at radius 1 is 1.52 bits per heavy atom. The van der Waals surface area contributed by atoms with Crippen molar-refractivity contribution < 1.29 is 4.79 Å². The van der Waals surface area contributed by atoms with Crippen LogP contribution in [0.2, 0.25) is 0 Å². The number of aryl methyl sites for hydroxylation is 2. The number of nitrogens with zero attached hydrogens (tertiary/aromatic N) is 3. The highest BCUT2D eigenvalue weighted by atomic mass is 16.2. The molecule has 0 spiro atoms. The Morgan fingerprint density at radius 2 is 2.33 bits per heavy atom. The summed E-state index contributed by atoms with van der Waals surface area (Å²) in [6, 6.07) is 1.83. The molecule has 6 nitrogen and oxygen atoms in total. The van der Waals surface area contributed by atoms with Crippen molar-refractivity contribution in [2.45, 2.75) is 32.7 Å². The zero-order valence-corrected chi connectivity index (χ0v) is 12.7. The molecule has 21 heavy (non-hydrogen) atoms. The van der Waals surface area contributed by atoms with E-state index in [9.17, 15) is 4.79 Å². The second-order valence-corrected chi connectivity index (χ2v) is 5.93. The van der Waals surface area contributed by atoms with Gasteiger partial charge in [0, 0.05) is 12.4 Å². The van der Waals surface area contributed by atoms with E-state index in [1.165, 1.54) is 0 Å². The molecule has 2 N–H and O–H groups in total. The summed E-state index contributed by atoms with van der Waals surface area (Å²) < 4.78 is 1.75. The summed E-state index contributed by atoms with van der Waals surface area (Å²) in [5.74, 6) is 0.604. The van der Waals surface area contributed by atoms with Crippen LogP contribution in [0.15, 0.2) is 12.3 Å². The molecule has 1 aliphatic rings. The first-order valence-electron chi connectivity index (χ1n) is 7.38. The number of fused-ring (bicyclic) bond motifs is 1.